The molecule has 44 heavy (non-hydrogen) atoms. The highest BCUT2D eigenvalue weighted by Crippen LogP contribution is 2.33. The molecule has 0 saturated carbocycles. The number of likely N-dealkylation sites (N-methyl/N-ethyl adjacent to an activating group) is 1. The fraction of sp³-hybridized carbons (Fsp3) is 0.500. The number of ether oxygens (including phenoxy) is 4. The lowest BCUT2D eigenvalue weighted by Gasteiger charge is -2.26. The minimum absolute atomic E-state index is 0.0547. The molecule has 2 heterocycles. The van der Waals surface area contributed by atoms with E-state index in [4.69, 9.17) is 18.9 Å². The van der Waals surface area contributed by atoms with E-state index in [1.165, 1.54) is 26.4 Å². The van der Waals surface area contributed by atoms with Crippen molar-refractivity contribution in [1.29, 1.82) is 0 Å². The summed E-state index contributed by atoms with van der Waals surface area (Å²) in [6, 6.07) is 7.65. The van der Waals surface area contributed by atoms with Crippen LogP contribution < -0.4 is 14.8 Å². The summed E-state index contributed by atoms with van der Waals surface area (Å²) in [6.07, 6.45) is 3.03. The Morgan fingerprint density at radius 1 is 1.14 bits per heavy atom. The summed E-state index contributed by atoms with van der Waals surface area (Å²) in [5.41, 5.74) is 0.140. The number of nitrogens with one attached hydrogen (secondary N) is 1. The van der Waals surface area contributed by atoms with Gasteiger partial charge in [-0.1, -0.05) is 20.8 Å². The lowest BCUT2D eigenvalue weighted by atomic mass is 9.90. The highest BCUT2D eigenvalue weighted by molar-refractivity contribution is 5.91. The van der Waals surface area contributed by atoms with Gasteiger partial charge in [-0.2, -0.15) is 0 Å². The Kier molecular flexibility index (Phi) is 12.7. The number of benzene rings is 2. The van der Waals surface area contributed by atoms with E-state index in [1.54, 1.807) is 37.3 Å². The number of methoxy groups -OCH3 is 2. The van der Waals surface area contributed by atoms with Crippen molar-refractivity contribution in [2.75, 3.05) is 33.1 Å². The molecular weight excluding hydrogens is 574 g/mol. The Labute approximate surface area is 258 Å². The SMILES string of the molecule is CC(=O)OC(C)(C)C.CCC1(CC(C)C)CN(C)C(=O)O1.COc1ccc2c(Nc3ccc(F)c(OC)c3F)ncnc2c1. The molecular formula is C32H44F2N4O6. The molecule has 1 N–H and O–H groups in total. The molecule has 1 aliphatic rings. The fourth-order valence-corrected chi connectivity index (χ4v) is 4.61. The van der Waals surface area contributed by atoms with Gasteiger partial charge in [0.1, 0.15) is 29.1 Å². The van der Waals surface area contributed by atoms with Crippen molar-refractivity contribution >= 4 is 34.5 Å². The normalized spacial score (nSPS) is 15.9. The molecule has 1 atom stereocenters. The third-order valence-electron chi connectivity index (χ3n) is 6.37. The van der Waals surface area contributed by atoms with Gasteiger partial charge >= 0.3 is 12.1 Å². The third kappa shape index (κ3) is 10.2. The molecule has 1 fully saturated rings. The first kappa shape index (κ1) is 36.0. The van der Waals surface area contributed by atoms with Gasteiger partial charge in [0.05, 0.1) is 32.0 Å². The molecule has 1 saturated heterocycles. The highest BCUT2D eigenvalue weighted by Gasteiger charge is 2.42. The summed E-state index contributed by atoms with van der Waals surface area (Å²) in [6.45, 7) is 14.1. The summed E-state index contributed by atoms with van der Waals surface area (Å²) in [5, 5.41) is 3.52. The first-order valence-corrected chi connectivity index (χ1v) is 14.3. The number of hydrogen-bond donors (Lipinski definition) is 1. The third-order valence-corrected chi connectivity index (χ3v) is 6.37. The van der Waals surface area contributed by atoms with Crippen LogP contribution in [-0.2, 0) is 14.3 Å². The van der Waals surface area contributed by atoms with E-state index >= 15 is 0 Å². The molecule has 2 aromatic carbocycles. The van der Waals surface area contributed by atoms with Gasteiger partial charge in [0, 0.05) is 25.4 Å². The summed E-state index contributed by atoms with van der Waals surface area (Å²) in [7, 11) is 4.55. The number of esters is 1. The van der Waals surface area contributed by atoms with Crippen LogP contribution in [-0.4, -0.2) is 65.9 Å². The predicted molar refractivity (Wildman–Crippen MR) is 165 cm³/mol. The highest BCUT2D eigenvalue weighted by atomic mass is 19.1. The second kappa shape index (κ2) is 15.5. The maximum Gasteiger partial charge on any atom is 0.410 e. The van der Waals surface area contributed by atoms with Crippen molar-refractivity contribution in [2.24, 2.45) is 5.92 Å². The van der Waals surface area contributed by atoms with Crippen molar-refractivity contribution in [3.05, 3.63) is 48.3 Å². The number of anilines is 2. The number of fused-ring (bicyclic) bond motifs is 1. The number of hydrogen-bond acceptors (Lipinski definition) is 9. The molecule has 242 valence electrons. The Bertz CT molecular complexity index is 1430. The smallest absolute Gasteiger partial charge is 0.410 e. The van der Waals surface area contributed by atoms with Crippen molar-refractivity contribution in [1.82, 2.24) is 14.9 Å². The first-order valence-electron chi connectivity index (χ1n) is 14.3. The summed E-state index contributed by atoms with van der Waals surface area (Å²) < 4.78 is 47.8. The Balaban J connectivity index is 0.000000271. The van der Waals surface area contributed by atoms with Crippen LogP contribution >= 0.6 is 0 Å². The maximum atomic E-state index is 14.2. The maximum absolute atomic E-state index is 14.2. The van der Waals surface area contributed by atoms with E-state index in [2.05, 4.69) is 36.1 Å². The van der Waals surface area contributed by atoms with Gasteiger partial charge in [-0.25, -0.2) is 23.5 Å². The monoisotopic (exact) mass is 618 g/mol. The van der Waals surface area contributed by atoms with Crippen molar-refractivity contribution in [2.45, 2.75) is 72.5 Å². The molecule has 1 amide bonds. The zero-order valence-corrected chi connectivity index (χ0v) is 27.2. The van der Waals surface area contributed by atoms with Gasteiger partial charge in [-0.05, 0) is 63.8 Å². The summed E-state index contributed by atoms with van der Waals surface area (Å²) in [4.78, 5) is 31.4. The molecule has 0 aliphatic carbocycles. The Hall–Kier alpha value is -4.22. The van der Waals surface area contributed by atoms with Gasteiger partial charge in [0.15, 0.2) is 17.4 Å². The molecule has 0 bridgehead atoms. The van der Waals surface area contributed by atoms with Crippen molar-refractivity contribution < 1.29 is 37.3 Å². The molecule has 0 radical (unpaired) electrons. The van der Waals surface area contributed by atoms with Crippen LogP contribution in [0.4, 0.5) is 25.1 Å². The molecule has 10 nitrogen and oxygen atoms in total. The van der Waals surface area contributed by atoms with Crippen LogP contribution in [0.1, 0.15) is 61.3 Å². The molecule has 1 unspecified atom stereocenters. The fourth-order valence-electron chi connectivity index (χ4n) is 4.61. The predicted octanol–water partition coefficient (Wildman–Crippen LogP) is 7.28. The van der Waals surface area contributed by atoms with Crippen LogP contribution in [0.15, 0.2) is 36.7 Å². The number of carbonyl (C=O) groups excluding carboxylic acids is 2. The van der Waals surface area contributed by atoms with Crippen LogP contribution in [0.25, 0.3) is 10.9 Å². The molecule has 12 heteroatoms. The second-order valence-electron chi connectivity index (χ2n) is 11.7. The van der Waals surface area contributed by atoms with E-state index in [9.17, 15) is 18.4 Å². The zero-order valence-electron chi connectivity index (χ0n) is 27.2. The molecule has 1 aromatic heterocycles. The van der Waals surface area contributed by atoms with Gasteiger partial charge in [-0.15, -0.1) is 0 Å². The topological polar surface area (TPSA) is 112 Å². The van der Waals surface area contributed by atoms with Crippen LogP contribution in [0.3, 0.4) is 0 Å². The second-order valence-corrected chi connectivity index (χ2v) is 11.7. The number of rotatable bonds is 7. The van der Waals surface area contributed by atoms with Crippen LogP contribution in [0, 0.1) is 17.6 Å². The van der Waals surface area contributed by atoms with Crippen LogP contribution in [0.5, 0.6) is 11.5 Å². The average molecular weight is 619 g/mol. The lowest BCUT2D eigenvalue weighted by molar-refractivity contribution is -0.151. The largest absolute Gasteiger partial charge is 0.497 e. The van der Waals surface area contributed by atoms with E-state index in [0.29, 0.717) is 28.4 Å². The minimum atomic E-state index is -0.826. The average Bonchev–Trinajstić information content (AvgIpc) is 3.22. The van der Waals surface area contributed by atoms with Crippen LogP contribution in [0.2, 0.25) is 0 Å². The number of cyclic esters (lactones) is 1. The zero-order chi connectivity index (χ0) is 33.2. The van der Waals surface area contributed by atoms with E-state index in [0.717, 1.165) is 25.5 Å². The van der Waals surface area contributed by atoms with E-state index in [1.807, 2.05) is 20.8 Å². The van der Waals surface area contributed by atoms with Crippen molar-refractivity contribution in [3.63, 3.8) is 0 Å². The minimum Gasteiger partial charge on any atom is -0.497 e. The van der Waals surface area contributed by atoms with Gasteiger partial charge < -0.3 is 29.2 Å². The quantitative estimate of drug-likeness (QED) is 0.273. The van der Waals surface area contributed by atoms with Gasteiger partial charge in [0.25, 0.3) is 0 Å². The number of carbonyl (C=O) groups is 2. The summed E-state index contributed by atoms with van der Waals surface area (Å²) in [5.74, 6) is -0.658. The lowest BCUT2D eigenvalue weighted by Crippen LogP contribution is -2.34. The van der Waals surface area contributed by atoms with E-state index in [-0.39, 0.29) is 29.0 Å². The van der Waals surface area contributed by atoms with Gasteiger partial charge in [-0.3, -0.25) is 4.79 Å². The number of aromatic nitrogens is 2. The standard InChI is InChI=1S/C16H13F2N3O2.C10H19NO2.C6H12O2/c1-22-9-3-4-10-13(7-9)19-8-20-16(10)21-12-6-5-11(17)15(23-2)14(12)18;1-5-10(6-8(2)3)7-11(4)9(12)13-10;1-5(7)8-6(2,3)4/h3-8H,1-2H3,(H,19,20,21);8H,5-7H2,1-4H3;1-4H3. The Morgan fingerprint density at radius 2 is 1.82 bits per heavy atom. The van der Waals surface area contributed by atoms with Crippen molar-refractivity contribution in [3.8, 4) is 11.5 Å². The number of halogens is 2. The molecule has 3 aromatic rings. The number of nitrogens with zero attached hydrogens (tertiary/aromatic N) is 3. The molecule has 4 rings (SSSR count). The Morgan fingerprint density at radius 3 is 2.30 bits per heavy atom. The molecule has 1 aliphatic heterocycles. The molecule has 0 spiro atoms. The summed E-state index contributed by atoms with van der Waals surface area (Å²) >= 11 is 0. The van der Waals surface area contributed by atoms with E-state index < -0.39 is 17.4 Å². The number of amides is 1. The van der Waals surface area contributed by atoms with Gasteiger partial charge in [0.2, 0.25) is 0 Å². The first-order chi connectivity index (χ1) is 20.5.